The summed E-state index contributed by atoms with van der Waals surface area (Å²) in [6, 6.07) is 14.1. The zero-order valence-electron chi connectivity index (χ0n) is 19.3. The van der Waals surface area contributed by atoms with Gasteiger partial charge in [0.1, 0.15) is 5.82 Å². The molecular formula is C25H31ClN6O2. The minimum atomic E-state index is 0.0224. The second-order valence-corrected chi connectivity index (χ2v) is 9.19. The number of benzene rings is 2. The largest absolute Gasteiger partial charge is 0.379 e. The van der Waals surface area contributed by atoms with E-state index in [-0.39, 0.29) is 6.03 Å². The summed E-state index contributed by atoms with van der Waals surface area (Å²) in [5, 5.41) is 3.75. The van der Waals surface area contributed by atoms with Gasteiger partial charge in [-0.05, 0) is 36.8 Å². The molecule has 2 aliphatic rings. The number of nitrogens with one attached hydrogen (secondary N) is 2. The summed E-state index contributed by atoms with van der Waals surface area (Å²) < 4.78 is 5.38. The van der Waals surface area contributed by atoms with Gasteiger partial charge in [-0.3, -0.25) is 4.90 Å². The molecular weight excluding hydrogens is 452 g/mol. The number of para-hydroxylation sites is 2. The maximum atomic E-state index is 12.7. The number of hydrogen-bond acceptors (Lipinski definition) is 5. The Balaban J connectivity index is 1.20. The fraction of sp³-hybridized carbons (Fsp3) is 0.440. The molecule has 2 amide bonds. The van der Waals surface area contributed by atoms with Gasteiger partial charge in [0, 0.05) is 63.6 Å². The molecule has 9 heteroatoms. The number of carbonyl (C=O) groups excluding carboxylic acids is 1. The normalized spacial score (nSPS) is 17.7. The lowest BCUT2D eigenvalue weighted by molar-refractivity contribution is 0.0386. The first-order chi connectivity index (χ1) is 16.7. The molecule has 34 heavy (non-hydrogen) atoms. The van der Waals surface area contributed by atoms with Crippen molar-refractivity contribution < 1.29 is 9.53 Å². The number of H-pyrrole nitrogens is 1. The number of anilines is 1. The summed E-state index contributed by atoms with van der Waals surface area (Å²) in [6.45, 7) is 8.06. The lowest BCUT2D eigenvalue weighted by Crippen LogP contribution is -2.46. The Labute approximate surface area is 204 Å². The van der Waals surface area contributed by atoms with Crippen LogP contribution in [0.25, 0.3) is 22.4 Å². The van der Waals surface area contributed by atoms with Crippen LogP contribution in [-0.4, -0.2) is 91.4 Å². The fourth-order valence-corrected chi connectivity index (χ4v) is 4.82. The summed E-state index contributed by atoms with van der Waals surface area (Å²) >= 11 is 6.55. The average molecular weight is 483 g/mol. The monoisotopic (exact) mass is 482 g/mol. The number of aromatic amines is 1. The molecule has 2 aliphatic heterocycles. The number of imidazole rings is 1. The van der Waals surface area contributed by atoms with Crippen LogP contribution in [0.5, 0.6) is 0 Å². The van der Waals surface area contributed by atoms with Crippen LogP contribution in [0.3, 0.4) is 0 Å². The van der Waals surface area contributed by atoms with Crippen molar-refractivity contribution in [3.8, 4) is 11.4 Å². The Hall–Kier alpha value is -2.81. The first-order valence-electron chi connectivity index (χ1n) is 12.0. The zero-order valence-corrected chi connectivity index (χ0v) is 20.1. The number of hydrogen-bond donors (Lipinski definition) is 2. The van der Waals surface area contributed by atoms with E-state index in [4.69, 9.17) is 21.3 Å². The predicted molar refractivity (Wildman–Crippen MR) is 136 cm³/mol. The Kier molecular flexibility index (Phi) is 7.18. The maximum Gasteiger partial charge on any atom is 0.317 e. The van der Waals surface area contributed by atoms with Crippen LogP contribution in [0.2, 0.25) is 5.02 Å². The number of carbonyl (C=O) groups is 1. The highest BCUT2D eigenvalue weighted by molar-refractivity contribution is 6.33. The van der Waals surface area contributed by atoms with E-state index in [1.165, 1.54) is 0 Å². The molecule has 1 aromatic heterocycles. The number of amides is 2. The number of ether oxygens (including phenoxy) is 1. The van der Waals surface area contributed by atoms with Crippen molar-refractivity contribution in [3.63, 3.8) is 0 Å². The summed E-state index contributed by atoms with van der Waals surface area (Å²) in [4.78, 5) is 27.4. The van der Waals surface area contributed by atoms with Crippen LogP contribution in [0.15, 0.2) is 42.5 Å². The van der Waals surface area contributed by atoms with Gasteiger partial charge in [0.25, 0.3) is 0 Å². The Morgan fingerprint density at radius 3 is 2.76 bits per heavy atom. The topological polar surface area (TPSA) is 76.7 Å². The van der Waals surface area contributed by atoms with Crippen molar-refractivity contribution in [1.82, 2.24) is 25.1 Å². The Bertz CT molecular complexity index is 1100. The van der Waals surface area contributed by atoms with E-state index in [0.29, 0.717) is 18.1 Å². The van der Waals surface area contributed by atoms with Gasteiger partial charge in [-0.2, -0.15) is 0 Å². The molecule has 2 N–H and O–H groups in total. The third-order valence-electron chi connectivity index (χ3n) is 6.55. The fourth-order valence-electron chi connectivity index (χ4n) is 4.61. The first-order valence-corrected chi connectivity index (χ1v) is 12.4. The van der Waals surface area contributed by atoms with Crippen LogP contribution in [0.4, 0.5) is 10.5 Å². The highest BCUT2D eigenvalue weighted by atomic mass is 35.5. The van der Waals surface area contributed by atoms with Gasteiger partial charge in [0.05, 0.1) is 29.3 Å². The summed E-state index contributed by atoms with van der Waals surface area (Å²) in [7, 11) is 0. The molecule has 0 saturated carbocycles. The number of urea groups is 1. The maximum absolute atomic E-state index is 12.7. The molecule has 0 spiro atoms. The smallest absolute Gasteiger partial charge is 0.317 e. The van der Waals surface area contributed by atoms with Gasteiger partial charge in [-0.25, -0.2) is 9.78 Å². The number of aromatic nitrogens is 2. The van der Waals surface area contributed by atoms with Crippen molar-refractivity contribution in [2.24, 2.45) is 0 Å². The van der Waals surface area contributed by atoms with E-state index in [1.54, 1.807) is 0 Å². The van der Waals surface area contributed by atoms with E-state index < -0.39 is 0 Å². The molecule has 0 radical (unpaired) electrons. The Morgan fingerprint density at radius 2 is 1.91 bits per heavy atom. The van der Waals surface area contributed by atoms with Crippen molar-refractivity contribution >= 4 is 34.4 Å². The summed E-state index contributed by atoms with van der Waals surface area (Å²) in [6.07, 6.45) is 0.916. The van der Waals surface area contributed by atoms with E-state index in [1.807, 2.05) is 41.3 Å². The molecule has 0 bridgehead atoms. The van der Waals surface area contributed by atoms with Crippen LogP contribution in [0, 0.1) is 0 Å². The average Bonchev–Trinajstić information content (AvgIpc) is 3.14. The van der Waals surface area contributed by atoms with Gasteiger partial charge in [-0.15, -0.1) is 0 Å². The van der Waals surface area contributed by atoms with Crippen LogP contribution in [0.1, 0.15) is 6.42 Å². The number of fused-ring (bicyclic) bond motifs is 1. The van der Waals surface area contributed by atoms with Gasteiger partial charge in [0.15, 0.2) is 0 Å². The van der Waals surface area contributed by atoms with Gasteiger partial charge in [-0.1, -0.05) is 23.7 Å². The molecule has 0 unspecified atom stereocenters. The van der Waals surface area contributed by atoms with Crippen LogP contribution < -0.4 is 10.2 Å². The quantitative estimate of drug-likeness (QED) is 0.582. The third-order valence-corrected chi connectivity index (χ3v) is 6.88. The Morgan fingerprint density at radius 1 is 1.06 bits per heavy atom. The van der Waals surface area contributed by atoms with Crippen molar-refractivity contribution in [2.45, 2.75) is 6.42 Å². The number of nitrogens with zero attached hydrogens (tertiary/aromatic N) is 4. The molecule has 8 nitrogen and oxygen atoms in total. The number of rotatable bonds is 5. The molecule has 3 aromatic rings. The summed E-state index contributed by atoms with van der Waals surface area (Å²) in [5.74, 6) is 0.768. The highest BCUT2D eigenvalue weighted by Crippen LogP contribution is 2.32. The third kappa shape index (κ3) is 5.29. The highest BCUT2D eigenvalue weighted by Gasteiger charge is 2.21. The minimum absolute atomic E-state index is 0.0224. The van der Waals surface area contributed by atoms with Crippen LogP contribution >= 0.6 is 11.6 Å². The van der Waals surface area contributed by atoms with Gasteiger partial charge < -0.3 is 24.8 Å². The van der Waals surface area contributed by atoms with E-state index in [2.05, 4.69) is 26.2 Å². The second-order valence-electron chi connectivity index (χ2n) is 8.78. The van der Waals surface area contributed by atoms with E-state index >= 15 is 0 Å². The van der Waals surface area contributed by atoms with Gasteiger partial charge >= 0.3 is 6.03 Å². The van der Waals surface area contributed by atoms with Crippen molar-refractivity contribution in [1.29, 1.82) is 0 Å². The van der Waals surface area contributed by atoms with Crippen molar-refractivity contribution in [3.05, 3.63) is 47.5 Å². The molecule has 180 valence electrons. The predicted octanol–water partition coefficient (Wildman–Crippen LogP) is 3.44. The van der Waals surface area contributed by atoms with Crippen LogP contribution in [-0.2, 0) is 4.74 Å². The molecule has 2 saturated heterocycles. The number of morpholine rings is 1. The standard InChI is InChI=1S/C25H31ClN6O2/c26-21-7-6-19(18-20(21)24-28-22-4-1-2-5-23(22)29-24)31-9-3-10-32(13-12-31)25(33)27-8-11-30-14-16-34-17-15-30/h1-2,4-7,18H,3,8-17H2,(H,27,33)(H,28,29). The molecule has 2 fully saturated rings. The van der Waals surface area contributed by atoms with E-state index in [9.17, 15) is 4.79 Å². The zero-order chi connectivity index (χ0) is 23.3. The summed E-state index contributed by atoms with van der Waals surface area (Å²) in [5.41, 5.74) is 3.89. The SMILES string of the molecule is O=C(NCCN1CCOCC1)N1CCCN(c2ccc(Cl)c(-c3nc4ccccc4[nH]3)c2)CC1. The molecule has 3 heterocycles. The molecule has 2 aromatic carbocycles. The second kappa shape index (κ2) is 10.6. The lowest BCUT2D eigenvalue weighted by atomic mass is 10.1. The lowest BCUT2D eigenvalue weighted by Gasteiger charge is -2.27. The first kappa shape index (κ1) is 23.0. The molecule has 5 rings (SSSR count). The van der Waals surface area contributed by atoms with Gasteiger partial charge in [0.2, 0.25) is 0 Å². The van der Waals surface area contributed by atoms with Crippen molar-refractivity contribution in [2.75, 3.05) is 70.5 Å². The van der Waals surface area contributed by atoms with E-state index in [0.717, 1.165) is 87.0 Å². The minimum Gasteiger partial charge on any atom is -0.379 e. The molecule has 0 aliphatic carbocycles. The number of halogens is 1. The molecule has 0 atom stereocenters.